The summed E-state index contributed by atoms with van der Waals surface area (Å²) >= 11 is 0. The first-order valence-electron chi connectivity index (χ1n) is 8.05. The lowest BCUT2D eigenvalue weighted by Crippen LogP contribution is -2.29. The van der Waals surface area contributed by atoms with E-state index < -0.39 is 0 Å². The molecule has 3 nitrogen and oxygen atoms in total. The Morgan fingerprint density at radius 2 is 2.14 bits per heavy atom. The number of nitrogens with two attached hydrogens (primary N) is 1. The van der Waals surface area contributed by atoms with Gasteiger partial charge in [0, 0.05) is 36.8 Å². The first-order valence-corrected chi connectivity index (χ1v) is 8.05. The summed E-state index contributed by atoms with van der Waals surface area (Å²) < 4.78 is 0. The number of hydrogen-bond donors (Lipinski definition) is 1. The van der Waals surface area contributed by atoms with E-state index in [1.165, 1.54) is 25.7 Å². The first kappa shape index (κ1) is 12.9. The van der Waals surface area contributed by atoms with Crippen molar-refractivity contribution < 1.29 is 0 Å². The topological polar surface area (TPSA) is 42.2 Å². The molecular weight excluding hydrogens is 258 g/mol. The molecule has 1 aromatic heterocycles. The highest BCUT2D eigenvalue weighted by atomic mass is 15.1. The van der Waals surface area contributed by atoms with Gasteiger partial charge in [0.1, 0.15) is 0 Å². The van der Waals surface area contributed by atoms with Crippen LogP contribution in [0.3, 0.4) is 0 Å². The van der Waals surface area contributed by atoms with Crippen LogP contribution in [0.15, 0.2) is 30.6 Å². The number of rotatable bonds is 3. The molecule has 0 radical (unpaired) electrons. The molecule has 2 aliphatic carbocycles. The van der Waals surface area contributed by atoms with E-state index in [4.69, 9.17) is 5.73 Å². The lowest BCUT2D eigenvalue weighted by molar-refractivity contribution is 0.337. The minimum atomic E-state index is 0.862. The van der Waals surface area contributed by atoms with Crippen LogP contribution in [-0.4, -0.2) is 18.6 Å². The van der Waals surface area contributed by atoms with Crippen molar-refractivity contribution in [2.75, 3.05) is 24.2 Å². The number of pyridine rings is 1. The second-order valence-corrected chi connectivity index (χ2v) is 6.91. The van der Waals surface area contributed by atoms with E-state index in [0.29, 0.717) is 0 Å². The molecule has 2 bridgehead atoms. The SMILES string of the molecule is CN(CC1CC2CCC1C2)c1ccc2cnccc2c1N. The van der Waals surface area contributed by atoms with E-state index >= 15 is 0 Å². The van der Waals surface area contributed by atoms with Gasteiger partial charge in [0.2, 0.25) is 0 Å². The third-order valence-corrected chi connectivity index (χ3v) is 5.64. The standard InChI is InChI=1S/C18H23N3/c1-21(11-15-9-12-2-3-13(15)8-12)17-5-4-14-10-20-7-6-16(14)18(17)19/h4-7,10,12-13,15H,2-3,8-9,11,19H2,1H3. The predicted molar refractivity (Wildman–Crippen MR) is 88.4 cm³/mol. The zero-order valence-corrected chi connectivity index (χ0v) is 12.6. The van der Waals surface area contributed by atoms with Crippen molar-refractivity contribution in [1.29, 1.82) is 0 Å². The number of benzene rings is 1. The summed E-state index contributed by atoms with van der Waals surface area (Å²) in [7, 11) is 2.19. The summed E-state index contributed by atoms with van der Waals surface area (Å²) in [6.45, 7) is 1.14. The van der Waals surface area contributed by atoms with E-state index in [1.807, 2.05) is 18.5 Å². The number of nitrogens with zero attached hydrogens (tertiary/aromatic N) is 2. The molecule has 2 N–H and O–H groups in total. The van der Waals surface area contributed by atoms with Gasteiger partial charge in [-0.1, -0.05) is 12.5 Å². The maximum absolute atomic E-state index is 6.40. The molecule has 0 spiro atoms. The average Bonchev–Trinajstić information content (AvgIpc) is 3.10. The van der Waals surface area contributed by atoms with E-state index in [-0.39, 0.29) is 0 Å². The fourth-order valence-corrected chi connectivity index (χ4v) is 4.56. The van der Waals surface area contributed by atoms with Gasteiger partial charge in [-0.2, -0.15) is 0 Å². The van der Waals surface area contributed by atoms with E-state index in [2.05, 4.69) is 29.1 Å². The molecule has 3 atom stereocenters. The van der Waals surface area contributed by atoms with Gasteiger partial charge in [-0.05, 0) is 49.1 Å². The Kier molecular flexibility index (Phi) is 3.02. The number of fused-ring (bicyclic) bond motifs is 3. The third kappa shape index (κ3) is 2.15. The van der Waals surface area contributed by atoms with Crippen molar-refractivity contribution in [3.8, 4) is 0 Å². The minimum absolute atomic E-state index is 0.862. The summed E-state index contributed by atoms with van der Waals surface area (Å²) in [6, 6.07) is 6.29. The highest BCUT2D eigenvalue weighted by Crippen LogP contribution is 2.48. The molecule has 1 heterocycles. The zero-order valence-electron chi connectivity index (χ0n) is 12.6. The molecule has 3 unspecified atom stereocenters. The Balaban J connectivity index is 1.59. The van der Waals surface area contributed by atoms with Gasteiger partial charge in [0.25, 0.3) is 0 Å². The van der Waals surface area contributed by atoms with Gasteiger partial charge in [0.05, 0.1) is 11.4 Å². The molecule has 21 heavy (non-hydrogen) atoms. The molecule has 0 amide bonds. The first-order chi connectivity index (χ1) is 10.2. The van der Waals surface area contributed by atoms with Crippen LogP contribution < -0.4 is 10.6 Å². The average molecular weight is 281 g/mol. The van der Waals surface area contributed by atoms with Gasteiger partial charge in [-0.25, -0.2) is 0 Å². The molecule has 2 aromatic rings. The summed E-state index contributed by atoms with van der Waals surface area (Å²) in [4.78, 5) is 6.53. The van der Waals surface area contributed by atoms with Crippen molar-refractivity contribution in [3.05, 3.63) is 30.6 Å². The van der Waals surface area contributed by atoms with Gasteiger partial charge in [-0.15, -0.1) is 0 Å². The molecule has 0 saturated heterocycles. The maximum Gasteiger partial charge on any atom is 0.0632 e. The van der Waals surface area contributed by atoms with E-state index in [1.54, 1.807) is 0 Å². The Morgan fingerprint density at radius 1 is 1.24 bits per heavy atom. The van der Waals surface area contributed by atoms with Crippen molar-refractivity contribution in [1.82, 2.24) is 4.98 Å². The van der Waals surface area contributed by atoms with Crippen LogP contribution >= 0.6 is 0 Å². The van der Waals surface area contributed by atoms with Crippen molar-refractivity contribution in [2.24, 2.45) is 17.8 Å². The monoisotopic (exact) mass is 281 g/mol. The summed E-state index contributed by atoms with van der Waals surface area (Å²) in [5.41, 5.74) is 8.45. The van der Waals surface area contributed by atoms with Crippen LogP contribution in [0.5, 0.6) is 0 Å². The molecular formula is C18H23N3. The smallest absolute Gasteiger partial charge is 0.0632 e. The van der Waals surface area contributed by atoms with Crippen LogP contribution in [0.1, 0.15) is 25.7 Å². The molecule has 3 heteroatoms. The van der Waals surface area contributed by atoms with Crippen LogP contribution in [0.4, 0.5) is 11.4 Å². The molecule has 2 saturated carbocycles. The molecule has 2 aliphatic rings. The lowest BCUT2D eigenvalue weighted by Gasteiger charge is -2.29. The van der Waals surface area contributed by atoms with Gasteiger partial charge >= 0.3 is 0 Å². The number of anilines is 2. The minimum Gasteiger partial charge on any atom is -0.397 e. The van der Waals surface area contributed by atoms with Gasteiger partial charge in [-0.3, -0.25) is 4.98 Å². The normalized spacial score (nSPS) is 27.4. The number of aromatic nitrogens is 1. The lowest BCUT2D eigenvalue weighted by atomic mass is 9.88. The highest BCUT2D eigenvalue weighted by Gasteiger charge is 2.39. The Hall–Kier alpha value is -1.77. The maximum atomic E-state index is 6.40. The highest BCUT2D eigenvalue weighted by molar-refractivity contribution is 5.98. The second-order valence-electron chi connectivity index (χ2n) is 6.91. The van der Waals surface area contributed by atoms with Crippen LogP contribution in [0.25, 0.3) is 10.8 Å². The molecule has 0 aliphatic heterocycles. The van der Waals surface area contributed by atoms with Crippen molar-refractivity contribution in [3.63, 3.8) is 0 Å². The van der Waals surface area contributed by atoms with Crippen LogP contribution in [0.2, 0.25) is 0 Å². The quantitative estimate of drug-likeness (QED) is 0.872. The molecule has 110 valence electrons. The second kappa shape index (κ2) is 4.90. The Labute approximate surface area is 126 Å². The van der Waals surface area contributed by atoms with Crippen LogP contribution in [-0.2, 0) is 0 Å². The fraction of sp³-hybridized carbons (Fsp3) is 0.500. The predicted octanol–water partition coefficient (Wildman–Crippen LogP) is 3.69. The Bertz CT molecular complexity index is 667. The Morgan fingerprint density at radius 3 is 2.90 bits per heavy atom. The largest absolute Gasteiger partial charge is 0.397 e. The zero-order chi connectivity index (χ0) is 14.4. The van der Waals surface area contributed by atoms with Gasteiger partial charge < -0.3 is 10.6 Å². The third-order valence-electron chi connectivity index (χ3n) is 5.64. The van der Waals surface area contributed by atoms with E-state index in [0.717, 1.165) is 46.4 Å². The molecule has 1 aromatic carbocycles. The molecule has 4 rings (SSSR count). The fourth-order valence-electron chi connectivity index (χ4n) is 4.56. The summed E-state index contributed by atoms with van der Waals surface area (Å²) in [6.07, 6.45) is 9.51. The van der Waals surface area contributed by atoms with Gasteiger partial charge in [0.15, 0.2) is 0 Å². The number of hydrogen-bond acceptors (Lipinski definition) is 3. The number of nitrogen functional groups attached to an aromatic ring is 1. The van der Waals surface area contributed by atoms with Crippen LogP contribution in [0, 0.1) is 17.8 Å². The summed E-state index contributed by atoms with van der Waals surface area (Å²) in [5, 5.41) is 2.23. The van der Waals surface area contributed by atoms with E-state index in [9.17, 15) is 0 Å². The molecule has 2 fully saturated rings. The van der Waals surface area contributed by atoms with Crippen molar-refractivity contribution in [2.45, 2.75) is 25.7 Å². The summed E-state index contributed by atoms with van der Waals surface area (Å²) in [5.74, 6) is 2.83. The van der Waals surface area contributed by atoms with Crippen molar-refractivity contribution >= 4 is 22.1 Å².